The topological polar surface area (TPSA) is 82.0 Å². The van der Waals surface area contributed by atoms with Crippen LogP contribution < -0.4 is 10.6 Å². The number of rotatable bonds is 5. The van der Waals surface area contributed by atoms with Crippen LogP contribution in [0.4, 0.5) is 11.4 Å². The van der Waals surface area contributed by atoms with Gasteiger partial charge in [-0.05, 0) is 37.8 Å². The molecule has 2 rings (SSSR count). The number of benzene rings is 1. The molecule has 0 bridgehead atoms. The second-order valence-corrected chi connectivity index (χ2v) is 5.79. The maximum atomic E-state index is 12.2. The van der Waals surface area contributed by atoms with Crippen molar-refractivity contribution in [3.8, 4) is 6.07 Å². The third-order valence-corrected chi connectivity index (χ3v) is 4.06. The zero-order chi connectivity index (χ0) is 16.7. The first-order valence-corrected chi connectivity index (χ1v) is 7.85. The van der Waals surface area contributed by atoms with Crippen molar-refractivity contribution in [1.29, 1.82) is 5.26 Å². The van der Waals surface area contributed by atoms with Gasteiger partial charge in [-0.1, -0.05) is 30.5 Å². The van der Waals surface area contributed by atoms with Crippen LogP contribution in [-0.4, -0.2) is 11.8 Å². The standard InChI is InChI=1S/C18H21N3O2/c1-13(14-6-2-3-7-14)12-18(23)21-16-9-5-4-8-15(16)20-17(22)10-11-19/h4-5,8-9,12,14H,2-3,6-7,10H2,1H3,(H,20,22)(H,21,23)/b13-12+. The van der Waals surface area contributed by atoms with E-state index in [0.29, 0.717) is 17.3 Å². The van der Waals surface area contributed by atoms with Gasteiger partial charge >= 0.3 is 0 Å². The van der Waals surface area contributed by atoms with Crippen LogP contribution in [0.5, 0.6) is 0 Å². The summed E-state index contributed by atoms with van der Waals surface area (Å²) in [6.45, 7) is 2.00. The molecule has 0 heterocycles. The zero-order valence-electron chi connectivity index (χ0n) is 13.3. The number of nitrogens with one attached hydrogen (secondary N) is 2. The summed E-state index contributed by atoms with van der Waals surface area (Å²) in [4.78, 5) is 23.7. The van der Waals surface area contributed by atoms with E-state index in [0.717, 1.165) is 18.4 Å². The molecule has 120 valence electrons. The summed E-state index contributed by atoms with van der Waals surface area (Å²) in [6.07, 6.45) is 6.18. The molecular weight excluding hydrogens is 290 g/mol. The van der Waals surface area contributed by atoms with Crippen LogP contribution in [0.25, 0.3) is 0 Å². The summed E-state index contributed by atoms with van der Waals surface area (Å²) in [5, 5.41) is 14.0. The van der Waals surface area contributed by atoms with E-state index in [1.807, 2.05) is 6.92 Å². The minimum absolute atomic E-state index is 0.198. The Kier molecular flexibility index (Phi) is 5.93. The minimum atomic E-state index is -0.396. The van der Waals surface area contributed by atoms with Gasteiger partial charge in [0.25, 0.3) is 0 Å². The summed E-state index contributed by atoms with van der Waals surface area (Å²) in [5.41, 5.74) is 2.12. The molecule has 0 aromatic heterocycles. The van der Waals surface area contributed by atoms with Gasteiger partial charge < -0.3 is 10.6 Å². The minimum Gasteiger partial charge on any atom is -0.323 e. The molecular formula is C18H21N3O2. The maximum absolute atomic E-state index is 12.2. The summed E-state index contributed by atoms with van der Waals surface area (Å²) in [6, 6.07) is 8.75. The van der Waals surface area contributed by atoms with Gasteiger partial charge in [-0.3, -0.25) is 9.59 Å². The zero-order valence-corrected chi connectivity index (χ0v) is 13.3. The van der Waals surface area contributed by atoms with Gasteiger partial charge in [0, 0.05) is 6.08 Å². The van der Waals surface area contributed by atoms with Crippen molar-refractivity contribution in [3.05, 3.63) is 35.9 Å². The molecule has 0 saturated heterocycles. The first kappa shape index (κ1) is 16.8. The lowest BCUT2D eigenvalue weighted by atomic mass is 9.99. The fraction of sp³-hybridized carbons (Fsp3) is 0.389. The molecule has 23 heavy (non-hydrogen) atoms. The highest BCUT2D eigenvalue weighted by atomic mass is 16.2. The van der Waals surface area contributed by atoms with E-state index >= 15 is 0 Å². The second-order valence-electron chi connectivity index (χ2n) is 5.79. The number of carbonyl (C=O) groups is 2. The summed E-state index contributed by atoms with van der Waals surface area (Å²) < 4.78 is 0. The van der Waals surface area contributed by atoms with E-state index in [-0.39, 0.29) is 12.3 Å². The third kappa shape index (κ3) is 4.96. The predicted molar refractivity (Wildman–Crippen MR) is 89.6 cm³/mol. The molecule has 0 aliphatic heterocycles. The average Bonchev–Trinajstić information content (AvgIpc) is 3.04. The molecule has 0 spiro atoms. The number of hydrogen-bond acceptors (Lipinski definition) is 3. The SMILES string of the molecule is C/C(=C\C(=O)Nc1ccccc1NC(=O)CC#N)C1CCCC1. The van der Waals surface area contributed by atoms with E-state index in [4.69, 9.17) is 5.26 Å². The van der Waals surface area contributed by atoms with Crippen molar-refractivity contribution >= 4 is 23.2 Å². The smallest absolute Gasteiger partial charge is 0.248 e. The van der Waals surface area contributed by atoms with Crippen molar-refractivity contribution in [3.63, 3.8) is 0 Å². The van der Waals surface area contributed by atoms with Crippen molar-refractivity contribution in [2.45, 2.75) is 39.0 Å². The highest BCUT2D eigenvalue weighted by Gasteiger charge is 2.17. The van der Waals surface area contributed by atoms with Crippen LogP contribution in [0.15, 0.2) is 35.9 Å². The van der Waals surface area contributed by atoms with Crippen molar-refractivity contribution in [2.75, 3.05) is 10.6 Å². The Morgan fingerprint density at radius 3 is 2.43 bits per heavy atom. The van der Waals surface area contributed by atoms with Crippen molar-refractivity contribution in [2.24, 2.45) is 5.92 Å². The van der Waals surface area contributed by atoms with E-state index in [2.05, 4.69) is 10.6 Å². The molecule has 5 heteroatoms. The molecule has 1 fully saturated rings. The molecule has 1 aromatic rings. The van der Waals surface area contributed by atoms with Gasteiger partial charge in [-0.25, -0.2) is 0 Å². The molecule has 5 nitrogen and oxygen atoms in total. The monoisotopic (exact) mass is 311 g/mol. The van der Waals surface area contributed by atoms with Crippen molar-refractivity contribution < 1.29 is 9.59 Å². The Bertz CT molecular complexity index is 652. The quantitative estimate of drug-likeness (QED) is 0.815. The van der Waals surface area contributed by atoms with Crippen LogP contribution in [0.1, 0.15) is 39.0 Å². The van der Waals surface area contributed by atoms with Crippen LogP contribution in [0.2, 0.25) is 0 Å². The van der Waals surface area contributed by atoms with Gasteiger partial charge in [0.05, 0.1) is 17.4 Å². The normalized spacial score (nSPS) is 15.0. The number of nitriles is 1. The van der Waals surface area contributed by atoms with Gasteiger partial charge in [0.1, 0.15) is 6.42 Å². The molecule has 0 radical (unpaired) electrons. The maximum Gasteiger partial charge on any atom is 0.248 e. The molecule has 1 aromatic carbocycles. The third-order valence-electron chi connectivity index (χ3n) is 4.06. The fourth-order valence-corrected chi connectivity index (χ4v) is 2.84. The van der Waals surface area contributed by atoms with E-state index in [1.165, 1.54) is 12.8 Å². The first-order chi connectivity index (χ1) is 11.1. The fourth-order valence-electron chi connectivity index (χ4n) is 2.84. The first-order valence-electron chi connectivity index (χ1n) is 7.85. The Morgan fingerprint density at radius 2 is 1.83 bits per heavy atom. The Balaban J connectivity index is 2.04. The number of allylic oxidation sites excluding steroid dienone is 1. The molecule has 0 atom stereocenters. The summed E-state index contributed by atoms with van der Waals surface area (Å²) in [7, 11) is 0. The lowest BCUT2D eigenvalue weighted by Crippen LogP contribution is -2.15. The highest BCUT2D eigenvalue weighted by Crippen LogP contribution is 2.30. The number of nitrogens with zero attached hydrogens (tertiary/aromatic N) is 1. The number of hydrogen-bond donors (Lipinski definition) is 2. The number of para-hydroxylation sites is 2. The average molecular weight is 311 g/mol. The van der Waals surface area contributed by atoms with E-state index in [1.54, 1.807) is 36.4 Å². The second kappa shape index (κ2) is 8.14. The van der Waals surface area contributed by atoms with Gasteiger partial charge in [0.2, 0.25) is 11.8 Å². The summed E-state index contributed by atoms with van der Waals surface area (Å²) >= 11 is 0. The lowest BCUT2D eigenvalue weighted by molar-refractivity contribution is -0.115. The van der Waals surface area contributed by atoms with E-state index < -0.39 is 5.91 Å². The van der Waals surface area contributed by atoms with Gasteiger partial charge in [-0.15, -0.1) is 0 Å². The largest absolute Gasteiger partial charge is 0.323 e. The predicted octanol–water partition coefficient (Wildman–Crippen LogP) is 3.61. The van der Waals surface area contributed by atoms with Crippen molar-refractivity contribution in [1.82, 2.24) is 0 Å². The van der Waals surface area contributed by atoms with Crippen LogP contribution in [-0.2, 0) is 9.59 Å². The summed E-state index contributed by atoms with van der Waals surface area (Å²) in [5.74, 6) is -0.0883. The van der Waals surface area contributed by atoms with Crippen LogP contribution >= 0.6 is 0 Å². The van der Waals surface area contributed by atoms with Crippen LogP contribution in [0, 0.1) is 17.2 Å². The van der Waals surface area contributed by atoms with Gasteiger partial charge in [0.15, 0.2) is 0 Å². The molecule has 2 N–H and O–H groups in total. The Labute approximate surface area is 136 Å². The molecule has 1 aliphatic carbocycles. The lowest BCUT2D eigenvalue weighted by Gasteiger charge is -2.12. The Hall–Kier alpha value is -2.61. The highest BCUT2D eigenvalue weighted by molar-refractivity contribution is 6.04. The number of amides is 2. The van der Waals surface area contributed by atoms with Crippen LogP contribution in [0.3, 0.4) is 0 Å². The molecule has 2 amide bonds. The molecule has 0 unspecified atom stereocenters. The molecule has 1 aliphatic rings. The number of carbonyl (C=O) groups excluding carboxylic acids is 2. The van der Waals surface area contributed by atoms with E-state index in [9.17, 15) is 9.59 Å². The molecule has 1 saturated carbocycles. The van der Waals surface area contributed by atoms with Gasteiger partial charge in [-0.2, -0.15) is 5.26 Å². The Morgan fingerprint density at radius 1 is 1.22 bits per heavy atom. The number of anilines is 2.